The van der Waals surface area contributed by atoms with Crippen LogP contribution in [0.4, 0.5) is 0 Å². The third-order valence-corrected chi connectivity index (χ3v) is 10.3. The number of pyridine rings is 1. The number of benzene rings is 3. The van der Waals surface area contributed by atoms with E-state index in [1.165, 1.54) is 15.9 Å². The number of rotatable bonds is 8. The Bertz CT molecular complexity index is 985. The van der Waals surface area contributed by atoms with Crippen molar-refractivity contribution >= 4 is 23.2 Å². The van der Waals surface area contributed by atoms with E-state index in [2.05, 4.69) is 97.6 Å². The summed E-state index contributed by atoms with van der Waals surface area (Å²) < 4.78 is 5.98. The monoisotopic (exact) mass is 411 g/mol. The van der Waals surface area contributed by atoms with Crippen LogP contribution in [-0.2, 0) is 6.16 Å². The molecule has 150 valence electrons. The average Bonchev–Trinajstić information content (AvgIpc) is 2.83. The molecule has 3 heteroatoms. The van der Waals surface area contributed by atoms with Crippen LogP contribution in [0.3, 0.4) is 0 Å². The van der Waals surface area contributed by atoms with Crippen molar-refractivity contribution in [2.45, 2.75) is 6.16 Å². The maximum atomic E-state index is 5.98. The summed E-state index contributed by atoms with van der Waals surface area (Å²) in [6, 6.07) is 36.6. The summed E-state index contributed by atoms with van der Waals surface area (Å²) in [5, 5.41) is 4.09. The van der Waals surface area contributed by atoms with Gasteiger partial charge in [-0.05, 0) is 0 Å². The van der Waals surface area contributed by atoms with Gasteiger partial charge in [-0.3, -0.25) is 0 Å². The number of hydrogen-bond donors (Lipinski definition) is 0. The topological polar surface area (TPSA) is 22.1 Å². The molecular weight excluding hydrogens is 385 g/mol. The van der Waals surface area contributed by atoms with Crippen LogP contribution in [0.5, 0.6) is 5.75 Å². The van der Waals surface area contributed by atoms with Crippen molar-refractivity contribution in [2.24, 2.45) is 0 Å². The molecule has 0 saturated carbocycles. The van der Waals surface area contributed by atoms with Gasteiger partial charge < -0.3 is 0 Å². The van der Waals surface area contributed by atoms with Gasteiger partial charge >= 0.3 is 179 Å². The number of hydrogen-bond acceptors (Lipinski definition) is 2. The minimum atomic E-state index is -2.40. The van der Waals surface area contributed by atoms with Gasteiger partial charge in [-0.25, -0.2) is 0 Å². The Labute approximate surface area is 179 Å². The Kier molecular flexibility index (Phi) is 6.37. The van der Waals surface area contributed by atoms with Crippen LogP contribution in [0.1, 0.15) is 5.69 Å². The molecule has 0 aliphatic carbocycles. The van der Waals surface area contributed by atoms with Gasteiger partial charge in [0.1, 0.15) is 0 Å². The van der Waals surface area contributed by atoms with Crippen molar-refractivity contribution in [2.75, 3.05) is 6.61 Å². The van der Waals surface area contributed by atoms with Crippen molar-refractivity contribution in [3.8, 4) is 5.75 Å². The third-order valence-electron chi connectivity index (χ3n) is 5.44. The van der Waals surface area contributed by atoms with E-state index in [9.17, 15) is 0 Å². The molecule has 0 fully saturated rings. The quantitative estimate of drug-likeness (QED) is 0.305. The second-order valence-corrected chi connectivity index (χ2v) is 11.1. The van der Waals surface area contributed by atoms with E-state index in [0.717, 1.165) is 17.6 Å². The van der Waals surface area contributed by atoms with Crippen molar-refractivity contribution < 1.29 is 4.74 Å². The zero-order valence-corrected chi connectivity index (χ0v) is 17.9. The Morgan fingerprint density at radius 2 is 1.20 bits per heavy atom. The normalized spacial score (nSPS) is 11.6. The Morgan fingerprint density at radius 1 is 0.700 bits per heavy atom. The predicted octanol–water partition coefficient (Wildman–Crippen LogP) is 4.87. The molecule has 1 aromatic heterocycles. The molecule has 0 atom stereocenters. The van der Waals surface area contributed by atoms with E-state index in [-0.39, 0.29) is 0 Å². The van der Waals surface area contributed by atoms with Gasteiger partial charge in [-0.2, -0.15) is 0 Å². The van der Waals surface area contributed by atoms with E-state index in [0.29, 0.717) is 6.61 Å². The molecule has 0 radical (unpaired) electrons. The molecule has 0 bridgehead atoms. The third kappa shape index (κ3) is 4.06. The summed E-state index contributed by atoms with van der Waals surface area (Å²) in [5.74, 6) is 0.831. The van der Waals surface area contributed by atoms with E-state index < -0.39 is 7.26 Å². The van der Waals surface area contributed by atoms with Gasteiger partial charge in [-0.1, -0.05) is 0 Å². The fourth-order valence-electron chi connectivity index (χ4n) is 4.06. The average molecular weight is 411 g/mol. The second kappa shape index (κ2) is 9.52. The Morgan fingerprint density at radius 3 is 1.67 bits per heavy atom. The standard InChI is InChI=1S/C27H26NOP/c1-2-21-29-27-19-12-20-28-26(27)22-30(23-13-6-3-7-14-23,24-15-8-4-9-16-24)25-17-10-5-11-18-25/h2-20,30H,1,21-22H2. The van der Waals surface area contributed by atoms with Gasteiger partial charge in [0, 0.05) is 0 Å². The van der Waals surface area contributed by atoms with Crippen molar-refractivity contribution in [3.63, 3.8) is 0 Å². The summed E-state index contributed by atoms with van der Waals surface area (Å²) in [6.45, 7) is 4.25. The fourth-order valence-corrected chi connectivity index (χ4v) is 8.73. The van der Waals surface area contributed by atoms with E-state index in [1.54, 1.807) is 6.08 Å². The maximum absolute atomic E-state index is 5.98. The molecule has 2 nitrogen and oxygen atoms in total. The van der Waals surface area contributed by atoms with Crippen LogP contribution in [0, 0.1) is 0 Å². The molecule has 0 spiro atoms. The summed E-state index contributed by atoms with van der Waals surface area (Å²) in [5.41, 5.74) is 0.988. The van der Waals surface area contributed by atoms with Gasteiger partial charge in [0.05, 0.1) is 0 Å². The first-order valence-electron chi connectivity index (χ1n) is 10.2. The summed E-state index contributed by atoms with van der Waals surface area (Å²) in [4.78, 5) is 4.77. The molecule has 4 rings (SSSR count). The molecule has 0 aliphatic heterocycles. The van der Waals surface area contributed by atoms with Crippen LogP contribution in [0.15, 0.2) is 122 Å². The Hall–Kier alpha value is -3.22. The van der Waals surface area contributed by atoms with Crippen molar-refractivity contribution in [3.05, 3.63) is 128 Å². The van der Waals surface area contributed by atoms with Crippen LogP contribution >= 0.6 is 7.26 Å². The van der Waals surface area contributed by atoms with Crippen LogP contribution in [0.25, 0.3) is 0 Å². The Balaban J connectivity index is 1.96. The number of nitrogens with zero attached hydrogens (tertiary/aromatic N) is 1. The molecule has 0 saturated heterocycles. The van der Waals surface area contributed by atoms with Crippen LogP contribution < -0.4 is 20.7 Å². The summed E-state index contributed by atoms with van der Waals surface area (Å²) in [6.07, 6.45) is 4.45. The zero-order chi connectivity index (χ0) is 20.7. The van der Waals surface area contributed by atoms with Gasteiger partial charge in [-0.15, -0.1) is 0 Å². The fraction of sp³-hybridized carbons (Fsp3) is 0.0741. The SMILES string of the molecule is C=CCOc1cccnc1C[PH](c1ccccc1)(c1ccccc1)c1ccccc1. The molecule has 1 heterocycles. The summed E-state index contributed by atoms with van der Waals surface area (Å²) >= 11 is 0. The minimum absolute atomic E-state index is 0.468. The molecule has 0 aliphatic rings. The second-order valence-electron chi connectivity index (χ2n) is 7.23. The first-order valence-corrected chi connectivity index (χ1v) is 12.4. The van der Waals surface area contributed by atoms with Crippen molar-refractivity contribution in [1.29, 1.82) is 0 Å². The van der Waals surface area contributed by atoms with Gasteiger partial charge in [0.2, 0.25) is 0 Å². The van der Waals surface area contributed by atoms with Crippen LogP contribution in [-0.4, -0.2) is 11.6 Å². The van der Waals surface area contributed by atoms with E-state index in [4.69, 9.17) is 9.72 Å². The van der Waals surface area contributed by atoms with Gasteiger partial charge in [0.15, 0.2) is 0 Å². The molecular formula is C27H26NOP. The number of ether oxygens (including phenoxy) is 1. The van der Waals surface area contributed by atoms with E-state index in [1.807, 2.05) is 18.3 Å². The first-order chi connectivity index (χ1) is 14.8. The van der Waals surface area contributed by atoms with Gasteiger partial charge in [0.25, 0.3) is 0 Å². The molecule has 30 heavy (non-hydrogen) atoms. The molecule has 0 N–H and O–H groups in total. The summed E-state index contributed by atoms with van der Waals surface area (Å²) in [7, 11) is -2.40. The van der Waals surface area contributed by atoms with E-state index >= 15 is 0 Å². The van der Waals surface area contributed by atoms with Crippen LogP contribution in [0.2, 0.25) is 0 Å². The molecule has 0 amide bonds. The number of aromatic nitrogens is 1. The first kappa shape index (κ1) is 20.1. The predicted molar refractivity (Wildman–Crippen MR) is 130 cm³/mol. The molecule has 3 aromatic carbocycles. The zero-order valence-electron chi connectivity index (χ0n) is 16.9. The molecule has 0 unspecified atom stereocenters. The van der Waals surface area contributed by atoms with Crippen molar-refractivity contribution in [1.82, 2.24) is 4.98 Å². The molecule has 4 aromatic rings.